The van der Waals surface area contributed by atoms with Crippen LogP contribution in [0.3, 0.4) is 0 Å². The molecule has 0 radical (unpaired) electrons. The number of aromatic nitrogens is 16. The van der Waals surface area contributed by atoms with Crippen LogP contribution in [0.2, 0.25) is 0 Å². The van der Waals surface area contributed by atoms with E-state index in [-0.39, 0.29) is 0 Å². The van der Waals surface area contributed by atoms with E-state index in [4.69, 9.17) is 0 Å². The molecule has 8 bridgehead atoms. The van der Waals surface area contributed by atoms with Gasteiger partial charge in [0.05, 0.1) is 43.8 Å². The van der Waals surface area contributed by atoms with Crippen LogP contribution in [-0.2, 0) is 0 Å². The van der Waals surface area contributed by atoms with Crippen LogP contribution in [0.15, 0.2) is 0 Å². The van der Waals surface area contributed by atoms with Crippen molar-refractivity contribution >= 4 is 44.1 Å². The van der Waals surface area contributed by atoms with E-state index in [1.807, 2.05) is 0 Å². The van der Waals surface area contributed by atoms with Crippen molar-refractivity contribution in [2.45, 2.75) is 0 Å². The zero-order valence-electron chi connectivity index (χ0n) is 22.3. The van der Waals surface area contributed by atoms with Crippen LogP contribution in [0.5, 0.6) is 0 Å². The molecular formula is C24H2F8N16. The Morgan fingerprint density at radius 2 is 0.479 bits per heavy atom. The second kappa shape index (κ2) is 9.33. The summed E-state index contributed by atoms with van der Waals surface area (Å²) in [4.78, 5) is 28.9. The number of nitrogens with zero attached hydrogens (tertiary/aromatic N) is 14. The Labute approximate surface area is 253 Å². The van der Waals surface area contributed by atoms with E-state index in [1.54, 1.807) is 0 Å². The second-order valence-corrected chi connectivity index (χ2v) is 9.74. The molecule has 234 valence electrons. The number of aromatic amines is 2. The third-order valence-electron chi connectivity index (χ3n) is 7.16. The highest BCUT2D eigenvalue weighted by Crippen LogP contribution is 2.39. The first kappa shape index (κ1) is 27.4. The fourth-order valence-corrected chi connectivity index (χ4v) is 5.24. The molecule has 16 nitrogen and oxygen atoms in total. The van der Waals surface area contributed by atoms with Gasteiger partial charge in [-0.2, -0.15) is 35.1 Å². The van der Waals surface area contributed by atoms with Crippen molar-refractivity contribution in [2.75, 3.05) is 0 Å². The average molecular weight is 666 g/mol. The van der Waals surface area contributed by atoms with Gasteiger partial charge in [-0.15, -0.1) is 40.8 Å². The minimum Gasteiger partial charge on any atom is -0.323 e. The molecule has 7 aromatic rings. The SMILES string of the molecule is Fc1nnc(F)c2c1-c1nc-2nc2[nH]c(nc3nc(nc4[nH]c(n1)c1c(F)nnc(F)c41)-c1c(F)nnc(F)c1-3)c1c(F)nnc(F)c21. The Morgan fingerprint density at radius 3 is 0.708 bits per heavy atom. The summed E-state index contributed by atoms with van der Waals surface area (Å²) in [6.07, 6.45) is 0. The van der Waals surface area contributed by atoms with E-state index in [0.29, 0.717) is 0 Å². The Hall–Kier alpha value is -6.88. The van der Waals surface area contributed by atoms with Gasteiger partial charge >= 0.3 is 0 Å². The molecule has 2 N–H and O–H groups in total. The maximum absolute atomic E-state index is 15.1. The predicted molar refractivity (Wildman–Crippen MR) is 138 cm³/mol. The number of rotatable bonds is 0. The first-order valence-corrected chi connectivity index (χ1v) is 12.8. The summed E-state index contributed by atoms with van der Waals surface area (Å²) in [6.45, 7) is 0. The molecule has 0 amide bonds. The first-order valence-electron chi connectivity index (χ1n) is 12.8. The largest absolute Gasteiger partial charge is 0.323 e. The van der Waals surface area contributed by atoms with Crippen molar-refractivity contribution in [3.63, 3.8) is 0 Å². The lowest BCUT2D eigenvalue weighted by atomic mass is 10.1. The second-order valence-electron chi connectivity index (χ2n) is 9.74. The summed E-state index contributed by atoms with van der Waals surface area (Å²) in [5.41, 5.74) is -5.73. The molecule has 0 aliphatic carbocycles. The smallest absolute Gasteiger partial charge is 0.245 e. The molecule has 7 aromatic heterocycles. The van der Waals surface area contributed by atoms with Crippen LogP contribution >= 0.6 is 0 Å². The number of H-pyrrole nitrogens is 2. The van der Waals surface area contributed by atoms with Crippen molar-refractivity contribution in [2.24, 2.45) is 0 Å². The van der Waals surface area contributed by atoms with Crippen LogP contribution in [-0.4, -0.2) is 80.7 Å². The van der Waals surface area contributed by atoms with Crippen molar-refractivity contribution in [3.05, 3.63) is 47.6 Å². The van der Waals surface area contributed by atoms with Crippen LogP contribution < -0.4 is 0 Å². The average Bonchev–Trinajstić information content (AvgIpc) is 3.80. The number of halogens is 8. The van der Waals surface area contributed by atoms with Gasteiger partial charge in [-0.25, -0.2) is 29.9 Å². The van der Waals surface area contributed by atoms with E-state index < -0.39 is 137 Å². The fourth-order valence-electron chi connectivity index (χ4n) is 5.24. The van der Waals surface area contributed by atoms with E-state index in [1.165, 1.54) is 0 Å². The van der Waals surface area contributed by atoms with Crippen molar-refractivity contribution in [1.29, 1.82) is 0 Å². The van der Waals surface area contributed by atoms with E-state index in [0.717, 1.165) is 0 Å². The van der Waals surface area contributed by atoms with Gasteiger partial charge < -0.3 is 9.97 Å². The van der Waals surface area contributed by atoms with Gasteiger partial charge in [-0.3, -0.25) is 0 Å². The Kier molecular flexibility index (Phi) is 5.33. The van der Waals surface area contributed by atoms with E-state index in [2.05, 4.69) is 80.7 Å². The summed E-state index contributed by atoms with van der Waals surface area (Å²) in [5.74, 6) is -14.5. The molecule has 24 heteroatoms. The lowest BCUT2D eigenvalue weighted by molar-refractivity contribution is 0.514. The number of nitrogens with one attached hydrogen (secondary N) is 2. The highest BCUT2D eigenvalue weighted by Gasteiger charge is 2.32. The molecule has 2 aliphatic rings. The molecule has 0 saturated carbocycles. The molecule has 9 rings (SSSR count). The topological polar surface area (TPSA) is 212 Å². The molecular weight excluding hydrogens is 664 g/mol. The summed E-state index contributed by atoms with van der Waals surface area (Å²) in [6, 6.07) is 0. The van der Waals surface area contributed by atoms with Gasteiger partial charge in [-0.05, 0) is 0 Å². The van der Waals surface area contributed by atoms with Crippen molar-refractivity contribution in [1.82, 2.24) is 80.7 Å². The van der Waals surface area contributed by atoms with Crippen LogP contribution in [0.1, 0.15) is 0 Å². The summed E-state index contributed by atoms with van der Waals surface area (Å²) >= 11 is 0. The van der Waals surface area contributed by atoms with Crippen LogP contribution in [0.4, 0.5) is 35.1 Å². The fraction of sp³-hybridized carbons (Fsp3) is 0. The summed E-state index contributed by atoms with van der Waals surface area (Å²) in [5, 5.41) is 21.5. The molecule has 2 aliphatic heterocycles. The summed E-state index contributed by atoms with van der Waals surface area (Å²) in [7, 11) is 0. The van der Waals surface area contributed by atoms with Gasteiger partial charge in [0.25, 0.3) is 0 Å². The Morgan fingerprint density at radius 1 is 0.271 bits per heavy atom. The van der Waals surface area contributed by atoms with Gasteiger partial charge in [0.1, 0.15) is 22.6 Å². The standard InChI is InChI=1S/C24H2F8N16/c25-9-1-2(10(26)42-41-9)18-33-17(1)37-19-3-4(12(28)44-43-11(3)27)21(34-19)39-23-7-8(16(32)48-47-15(7)31)24(36-23)40-22-6-5(20(35-22)38-18)13(29)45-46-14(6)30/h(H2,33,34,35,36,37,38,39,40). The van der Waals surface area contributed by atoms with Crippen LogP contribution in [0, 0.1) is 47.6 Å². The number of hydrogen-bond acceptors (Lipinski definition) is 14. The normalized spacial score (nSPS) is 12.2. The number of hydrogen-bond donors (Lipinski definition) is 2. The molecule has 9 heterocycles. The minimum absolute atomic E-state index is 0.659. The van der Waals surface area contributed by atoms with Gasteiger partial charge in [0.15, 0.2) is 23.3 Å². The van der Waals surface area contributed by atoms with Gasteiger partial charge in [0.2, 0.25) is 47.6 Å². The maximum Gasteiger partial charge on any atom is 0.245 e. The molecule has 0 spiro atoms. The molecule has 0 unspecified atom stereocenters. The van der Waals surface area contributed by atoms with E-state index in [9.17, 15) is 0 Å². The zero-order valence-corrected chi connectivity index (χ0v) is 22.3. The lowest BCUT2D eigenvalue weighted by Crippen LogP contribution is -1.99. The van der Waals surface area contributed by atoms with Crippen molar-refractivity contribution in [3.8, 4) is 45.6 Å². The third-order valence-corrected chi connectivity index (χ3v) is 7.16. The monoisotopic (exact) mass is 666 g/mol. The maximum atomic E-state index is 15.1. The molecule has 0 fully saturated rings. The molecule has 48 heavy (non-hydrogen) atoms. The molecule has 0 saturated heterocycles. The minimum atomic E-state index is -1.45. The lowest BCUT2D eigenvalue weighted by Gasteiger charge is -1.99. The van der Waals surface area contributed by atoms with Gasteiger partial charge in [-0.1, -0.05) is 0 Å². The van der Waals surface area contributed by atoms with Crippen molar-refractivity contribution < 1.29 is 35.1 Å². The molecule has 0 aromatic carbocycles. The number of fused-ring (bicyclic) bond motifs is 20. The predicted octanol–water partition coefficient (Wildman–Crippen LogP) is 3.14. The van der Waals surface area contributed by atoms with E-state index >= 15 is 35.1 Å². The Bertz CT molecular complexity index is 2430. The molecule has 0 atom stereocenters. The Balaban J connectivity index is 1.57. The highest BCUT2D eigenvalue weighted by atomic mass is 19.2. The highest BCUT2D eigenvalue weighted by molar-refractivity contribution is 6.06. The zero-order chi connectivity index (χ0) is 33.2. The first-order chi connectivity index (χ1) is 23.1. The third kappa shape index (κ3) is 3.63. The van der Waals surface area contributed by atoms with Crippen LogP contribution in [0.25, 0.3) is 89.7 Å². The van der Waals surface area contributed by atoms with Gasteiger partial charge in [0, 0.05) is 0 Å². The summed E-state index contributed by atoms with van der Waals surface area (Å²) < 4.78 is 121. The quantitative estimate of drug-likeness (QED) is 0.223.